The van der Waals surface area contributed by atoms with Crippen molar-refractivity contribution in [2.75, 3.05) is 12.8 Å². The van der Waals surface area contributed by atoms with Crippen LogP contribution in [0.2, 0.25) is 5.02 Å². The third-order valence-electron chi connectivity index (χ3n) is 4.08. The molecule has 0 saturated heterocycles. The van der Waals surface area contributed by atoms with Crippen LogP contribution in [0.5, 0.6) is 5.75 Å². The highest BCUT2D eigenvalue weighted by Gasteiger charge is 2.26. The number of nitrogens with one attached hydrogen (secondary N) is 1. The number of methoxy groups -OCH3 is 1. The maximum Gasteiger partial charge on any atom is 0.255 e. The van der Waals surface area contributed by atoms with E-state index in [0.29, 0.717) is 33.9 Å². The molecule has 1 aliphatic rings. The molecule has 4 nitrogen and oxygen atoms in total. The van der Waals surface area contributed by atoms with Gasteiger partial charge in [-0.3, -0.25) is 4.79 Å². The summed E-state index contributed by atoms with van der Waals surface area (Å²) in [6.45, 7) is 4.46. The molecule has 1 fully saturated rings. The lowest BCUT2D eigenvalue weighted by Gasteiger charge is -2.32. The van der Waals surface area contributed by atoms with E-state index in [1.54, 1.807) is 12.1 Å². The van der Waals surface area contributed by atoms with Crippen molar-refractivity contribution in [3.05, 3.63) is 22.7 Å². The third-order valence-corrected chi connectivity index (χ3v) is 4.40. The standard InChI is InChI=1S/C16H23ClN2O2.ClH/c1-9-4-10(2)6-11(5-9)19-16(20)12-7-13(17)14(18)8-15(12)21-3;/h7-11H,4-6,18H2,1-3H3,(H,19,20);1H. The van der Waals surface area contributed by atoms with Gasteiger partial charge in [0.25, 0.3) is 5.91 Å². The van der Waals surface area contributed by atoms with Gasteiger partial charge in [-0.2, -0.15) is 0 Å². The summed E-state index contributed by atoms with van der Waals surface area (Å²) in [4.78, 5) is 12.5. The molecular formula is C16H24Cl2N2O2. The van der Waals surface area contributed by atoms with Crippen molar-refractivity contribution >= 4 is 35.6 Å². The SMILES string of the molecule is COc1cc(N)c(Cl)cc1C(=O)NC1CC(C)CC(C)C1.Cl. The largest absolute Gasteiger partial charge is 0.496 e. The zero-order valence-corrected chi connectivity index (χ0v) is 14.8. The van der Waals surface area contributed by atoms with Gasteiger partial charge in [-0.1, -0.05) is 25.4 Å². The molecular weight excluding hydrogens is 323 g/mol. The molecule has 1 saturated carbocycles. The molecule has 0 aromatic heterocycles. The van der Waals surface area contributed by atoms with Gasteiger partial charge < -0.3 is 15.8 Å². The van der Waals surface area contributed by atoms with E-state index in [2.05, 4.69) is 19.2 Å². The lowest BCUT2D eigenvalue weighted by atomic mass is 9.80. The molecule has 124 valence electrons. The van der Waals surface area contributed by atoms with Crippen LogP contribution in [0.15, 0.2) is 12.1 Å². The Morgan fingerprint density at radius 1 is 1.27 bits per heavy atom. The van der Waals surface area contributed by atoms with Crippen LogP contribution in [0, 0.1) is 11.8 Å². The number of anilines is 1. The Hall–Kier alpha value is -1.13. The number of carbonyl (C=O) groups excluding carboxylic acids is 1. The molecule has 3 N–H and O–H groups in total. The molecule has 0 bridgehead atoms. The highest BCUT2D eigenvalue weighted by molar-refractivity contribution is 6.33. The Morgan fingerprint density at radius 3 is 2.41 bits per heavy atom. The van der Waals surface area contributed by atoms with Gasteiger partial charge in [0.05, 0.1) is 23.4 Å². The number of rotatable bonds is 3. The summed E-state index contributed by atoms with van der Waals surface area (Å²) in [5.41, 5.74) is 6.58. The molecule has 0 aliphatic heterocycles. The summed E-state index contributed by atoms with van der Waals surface area (Å²) in [6.07, 6.45) is 3.26. The number of nitrogens with two attached hydrogens (primary N) is 1. The minimum Gasteiger partial charge on any atom is -0.496 e. The zero-order valence-electron chi connectivity index (χ0n) is 13.2. The quantitative estimate of drug-likeness (QED) is 0.815. The monoisotopic (exact) mass is 346 g/mol. The van der Waals surface area contributed by atoms with E-state index in [1.165, 1.54) is 13.5 Å². The first-order valence-electron chi connectivity index (χ1n) is 7.34. The van der Waals surface area contributed by atoms with Gasteiger partial charge >= 0.3 is 0 Å². The fraction of sp³-hybridized carbons (Fsp3) is 0.562. The van der Waals surface area contributed by atoms with Crippen molar-refractivity contribution in [2.24, 2.45) is 11.8 Å². The van der Waals surface area contributed by atoms with Crippen LogP contribution in [-0.2, 0) is 0 Å². The average molecular weight is 347 g/mol. The number of amides is 1. The molecule has 6 heteroatoms. The van der Waals surface area contributed by atoms with E-state index in [1.807, 2.05) is 0 Å². The zero-order chi connectivity index (χ0) is 15.6. The first kappa shape index (κ1) is 18.9. The van der Waals surface area contributed by atoms with Gasteiger partial charge in [0.2, 0.25) is 0 Å². The number of hydrogen-bond acceptors (Lipinski definition) is 3. The molecule has 0 spiro atoms. The van der Waals surface area contributed by atoms with Crippen molar-refractivity contribution in [2.45, 2.75) is 39.2 Å². The van der Waals surface area contributed by atoms with Gasteiger partial charge in [0, 0.05) is 12.1 Å². The van der Waals surface area contributed by atoms with Crippen LogP contribution < -0.4 is 15.8 Å². The van der Waals surface area contributed by atoms with Crippen LogP contribution in [-0.4, -0.2) is 19.1 Å². The van der Waals surface area contributed by atoms with E-state index in [4.69, 9.17) is 22.1 Å². The summed E-state index contributed by atoms with van der Waals surface area (Å²) in [5.74, 6) is 1.57. The number of hydrogen-bond donors (Lipinski definition) is 2. The maximum absolute atomic E-state index is 12.5. The van der Waals surface area contributed by atoms with Crippen molar-refractivity contribution in [3.8, 4) is 5.75 Å². The number of benzene rings is 1. The number of carbonyl (C=O) groups is 1. The van der Waals surface area contributed by atoms with E-state index in [9.17, 15) is 4.79 Å². The maximum atomic E-state index is 12.5. The first-order valence-corrected chi connectivity index (χ1v) is 7.72. The van der Waals surface area contributed by atoms with E-state index < -0.39 is 0 Å². The van der Waals surface area contributed by atoms with E-state index in [-0.39, 0.29) is 24.4 Å². The summed E-state index contributed by atoms with van der Waals surface area (Å²) in [5, 5.41) is 3.47. The van der Waals surface area contributed by atoms with Crippen LogP contribution in [0.3, 0.4) is 0 Å². The molecule has 1 aromatic rings. The predicted molar refractivity (Wildman–Crippen MR) is 93.1 cm³/mol. The second kappa shape index (κ2) is 7.93. The van der Waals surface area contributed by atoms with Crippen molar-refractivity contribution < 1.29 is 9.53 Å². The van der Waals surface area contributed by atoms with E-state index in [0.717, 1.165) is 12.8 Å². The lowest BCUT2D eigenvalue weighted by Crippen LogP contribution is -2.40. The molecule has 2 unspecified atom stereocenters. The Labute approximate surface area is 143 Å². The van der Waals surface area contributed by atoms with Gasteiger partial charge in [0.1, 0.15) is 5.75 Å². The minimum absolute atomic E-state index is 0. The second-order valence-electron chi connectivity index (χ2n) is 6.16. The van der Waals surface area contributed by atoms with Crippen LogP contribution in [0.4, 0.5) is 5.69 Å². The van der Waals surface area contributed by atoms with Gasteiger partial charge in [-0.15, -0.1) is 12.4 Å². The van der Waals surface area contributed by atoms with Crippen molar-refractivity contribution in [3.63, 3.8) is 0 Å². The summed E-state index contributed by atoms with van der Waals surface area (Å²) in [6, 6.07) is 3.36. The molecule has 0 heterocycles. The summed E-state index contributed by atoms with van der Waals surface area (Å²) >= 11 is 6.02. The number of ether oxygens (including phenoxy) is 1. The molecule has 0 radical (unpaired) electrons. The minimum atomic E-state index is -0.153. The van der Waals surface area contributed by atoms with Crippen LogP contribution >= 0.6 is 24.0 Å². The molecule has 1 aromatic carbocycles. The lowest BCUT2D eigenvalue weighted by molar-refractivity contribution is 0.0908. The molecule has 1 amide bonds. The molecule has 2 atom stereocenters. The fourth-order valence-corrected chi connectivity index (χ4v) is 3.41. The van der Waals surface area contributed by atoms with Gasteiger partial charge in [-0.25, -0.2) is 0 Å². The number of nitrogen functional groups attached to an aromatic ring is 1. The Balaban J connectivity index is 0.00000242. The average Bonchev–Trinajstić information content (AvgIpc) is 2.40. The van der Waals surface area contributed by atoms with Crippen LogP contribution in [0.25, 0.3) is 0 Å². The van der Waals surface area contributed by atoms with Gasteiger partial charge in [0.15, 0.2) is 0 Å². The van der Waals surface area contributed by atoms with Gasteiger partial charge in [-0.05, 0) is 37.2 Å². The highest BCUT2D eigenvalue weighted by Crippen LogP contribution is 2.31. The predicted octanol–water partition coefficient (Wildman–Crippen LogP) is 3.91. The molecule has 22 heavy (non-hydrogen) atoms. The number of halogens is 2. The summed E-state index contributed by atoms with van der Waals surface area (Å²) in [7, 11) is 1.52. The Bertz CT molecular complexity index is 527. The van der Waals surface area contributed by atoms with Crippen LogP contribution in [0.1, 0.15) is 43.5 Å². The molecule has 2 rings (SSSR count). The van der Waals surface area contributed by atoms with Crippen molar-refractivity contribution in [1.82, 2.24) is 5.32 Å². The highest BCUT2D eigenvalue weighted by atomic mass is 35.5. The van der Waals surface area contributed by atoms with Crippen molar-refractivity contribution in [1.29, 1.82) is 0 Å². The first-order chi connectivity index (χ1) is 9.90. The summed E-state index contributed by atoms with van der Waals surface area (Å²) < 4.78 is 5.23. The molecule has 1 aliphatic carbocycles. The van der Waals surface area contributed by atoms with E-state index >= 15 is 0 Å². The normalized spacial score (nSPS) is 24.3. The topological polar surface area (TPSA) is 64.3 Å². The smallest absolute Gasteiger partial charge is 0.255 e. The Kier molecular flexibility index (Phi) is 6.82. The third kappa shape index (κ3) is 4.43. The fourth-order valence-electron chi connectivity index (χ4n) is 3.24. The second-order valence-corrected chi connectivity index (χ2v) is 6.57. The Morgan fingerprint density at radius 2 is 1.86 bits per heavy atom.